The fourth-order valence-corrected chi connectivity index (χ4v) is 4.11. The van der Waals surface area contributed by atoms with Gasteiger partial charge in [-0.05, 0) is 68.7 Å². The van der Waals surface area contributed by atoms with E-state index in [0.717, 1.165) is 36.5 Å². The molecule has 0 fully saturated rings. The molecule has 0 amide bonds. The summed E-state index contributed by atoms with van der Waals surface area (Å²) in [5, 5.41) is 19.2. The molecule has 0 aliphatic carbocycles. The summed E-state index contributed by atoms with van der Waals surface area (Å²) < 4.78 is 11.7. The van der Waals surface area contributed by atoms with Crippen LogP contribution in [0.25, 0.3) is 0 Å². The van der Waals surface area contributed by atoms with E-state index in [2.05, 4.69) is 24.1 Å². The van der Waals surface area contributed by atoms with Gasteiger partial charge in [-0.2, -0.15) is 10.2 Å². The molecule has 2 aromatic rings. The Labute approximate surface area is 225 Å². The van der Waals surface area contributed by atoms with E-state index in [9.17, 15) is 5.11 Å². The van der Waals surface area contributed by atoms with Crippen LogP contribution in [-0.4, -0.2) is 29.7 Å². The van der Waals surface area contributed by atoms with E-state index in [1.165, 1.54) is 64.2 Å². The van der Waals surface area contributed by atoms with E-state index in [0.29, 0.717) is 23.6 Å². The summed E-state index contributed by atoms with van der Waals surface area (Å²) in [6, 6.07) is 13.4. The Bertz CT molecular complexity index is 951. The fraction of sp³-hybridized carbons (Fsp3) is 0.562. The Morgan fingerprint density at radius 1 is 0.622 bits per heavy atom. The molecule has 0 aliphatic heterocycles. The Kier molecular flexibility index (Phi) is 15.1. The molecule has 5 heteroatoms. The summed E-state index contributed by atoms with van der Waals surface area (Å²) in [4.78, 5) is 0. The van der Waals surface area contributed by atoms with Crippen LogP contribution in [0.1, 0.15) is 116 Å². The Morgan fingerprint density at radius 2 is 1.11 bits per heavy atom. The average Bonchev–Trinajstić information content (AvgIpc) is 2.91. The SMILES string of the molecule is CCCCCCCCOc1ccc(/C(C)=N/N=C(\C)c2ccc(OCCCCCCCC)cc2O)cc1. The molecule has 0 bridgehead atoms. The number of benzene rings is 2. The molecule has 0 saturated carbocycles. The van der Waals surface area contributed by atoms with E-state index in [1.807, 2.05) is 50.2 Å². The standard InChI is InChI=1S/C32H48N2O3/c1-5-7-9-11-13-15-23-36-29-19-17-28(18-20-29)26(3)33-34-27(4)31-22-21-30(25-32(31)35)37-24-16-14-12-10-8-6-2/h17-22,25,35H,5-16,23-24H2,1-4H3/b33-26+,34-27+. The number of ether oxygens (including phenoxy) is 2. The minimum absolute atomic E-state index is 0.154. The van der Waals surface area contributed by atoms with Crippen molar-refractivity contribution in [3.8, 4) is 17.2 Å². The first-order valence-electron chi connectivity index (χ1n) is 14.3. The second-order valence-electron chi connectivity index (χ2n) is 9.81. The average molecular weight is 509 g/mol. The maximum atomic E-state index is 10.5. The maximum Gasteiger partial charge on any atom is 0.128 e. The van der Waals surface area contributed by atoms with Crippen molar-refractivity contribution >= 4 is 11.4 Å². The molecule has 0 unspecified atom stereocenters. The van der Waals surface area contributed by atoms with Gasteiger partial charge in [-0.15, -0.1) is 0 Å². The topological polar surface area (TPSA) is 63.4 Å². The number of hydrogen-bond acceptors (Lipinski definition) is 5. The van der Waals surface area contributed by atoms with Crippen LogP contribution in [0.15, 0.2) is 52.7 Å². The van der Waals surface area contributed by atoms with Crippen molar-refractivity contribution in [1.82, 2.24) is 0 Å². The van der Waals surface area contributed by atoms with Gasteiger partial charge in [0.2, 0.25) is 0 Å². The zero-order chi connectivity index (χ0) is 26.7. The molecule has 0 aliphatic rings. The molecule has 2 aromatic carbocycles. The number of rotatable bonds is 19. The lowest BCUT2D eigenvalue weighted by Gasteiger charge is -2.09. The van der Waals surface area contributed by atoms with Crippen molar-refractivity contribution in [2.24, 2.45) is 10.2 Å². The van der Waals surface area contributed by atoms with Crippen molar-refractivity contribution in [2.75, 3.05) is 13.2 Å². The number of unbranched alkanes of at least 4 members (excludes halogenated alkanes) is 10. The third kappa shape index (κ3) is 12.3. The van der Waals surface area contributed by atoms with Crippen LogP contribution in [0.4, 0.5) is 0 Å². The van der Waals surface area contributed by atoms with Gasteiger partial charge >= 0.3 is 0 Å². The quantitative estimate of drug-likeness (QED) is 0.117. The van der Waals surface area contributed by atoms with E-state index in [-0.39, 0.29) is 5.75 Å². The summed E-state index contributed by atoms with van der Waals surface area (Å²) >= 11 is 0. The lowest BCUT2D eigenvalue weighted by atomic mass is 10.1. The summed E-state index contributed by atoms with van der Waals surface area (Å²) in [5.74, 6) is 1.72. The van der Waals surface area contributed by atoms with Gasteiger partial charge in [0.15, 0.2) is 0 Å². The first-order chi connectivity index (χ1) is 18.0. The van der Waals surface area contributed by atoms with Crippen LogP contribution in [0.2, 0.25) is 0 Å². The summed E-state index contributed by atoms with van der Waals surface area (Å²) in [5.41, 5.74) is 3.10. The predicted molar refractivity (Wildman–Crippen MR) is 157 cm³/mol. The van der Waals surface area contributed by atoms with Crippen LogP contribution in [0, 0.1) is 0 Å². The zero-order valence-corrected chi connectivity index (χ0v) is 23.6. The van der Waals surface area contributed by atoms with E-state index < -0.39 is 0 Å². The largest absolute Gasteiger partial charge is 0.507 e. The molecule has 0 radical (unpaired) electrons. The highest BCUT2D eigenvalue weighted by molar-refractivity contribution is 6.03. The number of hydrogen-bond donors (Lipinski definition) is 1. The summed E-state index contributed by atoms with van der Waals surface area (Å²) in [6.45, 7) is 9.68. The van der Waals surface area contributed by atoms with Gasteiger partial charge in [0.05, 0.1) is 24.6 Å². The number of phenols is 1. The predicted octanol–water partition coefficient (Wildman–Crippen LogP) is 9.10. The van der Waals surface area contributed by atoms with Crippen molar-refractivity contribution < 1.29 is 14.6 Å². The van der Waals surface area contributed by atoms with Crippen molar-refractivity contribution in [2.45, 2.75) is 105 Å². The molecule has 1 N–H and O–H groups in total. The second kappa shape index (κ2) is 18.4. The lowest BCUT2D eigenvalue weighted by Crippen LogP contribution is -2.00. The molecule has 5 nitrogen and oxygen atoms in total. The molecule has 37 heavy (non-hydrogen) atoms. The van der Waals surface area contributed by atoms with Gasteiger partial charge < -0.3 is 14.6 Å². The summed E-state index contributed by atoms with van der Waals surface area (Å²) in [6.07, 6.45) is 14.9. The van der Waals surface area contributed by atoms with Crippen LogP contribution < -0.4 is 9.47 Å². The van der Waals surface area contributed by atoms with Crippen molar-refractivity contribution in [3.05, 3.63) is 53.6 Å². The molecule has 0 atom stereocenters. The normalized spacial score (nSPS) is 12.1. The minimum Gasteiger partial charge on any atom is -0.507 e. The highest BCUT2D eigenvalue weighted by Gasteiger charge is 2.07. The maximum absolute atomic E-state index is 10.5. The number of aromatic hydroxyl groups is 1. The third-order valence-electron chi connectivity index (χ3n) is 6.51. The monoisotopic (exact) mass is 508 g/mol. The van der Waals surface area contributed by atoms with E-state index in [4.69, 9.17) is 9.47 Å². The molecular weight excluding hydrogens is 460 g/mol. The van der Waals surface area contributed by atoms with E-state index >= 15 is 0 Å². The Balaban J connectivity index is 1.81. The third-order valence-corrected chi connectivity index (χ3v) is 6.51. The number of phenolic OH excluding ortho intramolecular Hbond substituents is 1. The first-order valence-corrected chi connectivity index (χ1v) is 14.3. The van der Waals surface area contributed by atoms with Crippen LogP contribution in [0.3, 0.4) is 0 Å². The first kappa shape index (κ1) is 30.4. The minimum atomic E-state index is 0.154. The van der Waals surface area contributed by atoms with Gasteiger partial charge in [0.25, 0.3) is 0 Å². The lowest BCUT2D eigenvalue weighted by molar-refractivity contribution is 0.302. The van der Waals surface area contributed by atoms with E-state index in [1.54, 1.807) is 6.07 Å². The molecule has 2 rings (SSSR count). The van der Waals surface area contributed by atoms with Crippen LogP contribution in [0.5, 0.6) is 17.2 Å². The van der Waals surface area contributed by atoms with Gasteiger partial charge in [-0.1, -0.05) is 78.1 Å². The van der Waals surface area contributed by atoms with Crippen molar-refractivity contribution in [3.63, 3.8) is 0 Å². The van der Waals surface area contributed by atoms with Gasteiger partial charge in [0, 0.05) is 11.6 Å². The summed E-state index contributed by atoms with van der Waals surface area (Å²) in [7, 11) is 0. The molecule has 0 aromatic heterocycles. The van der Waals surface area contributed by atoms with Crippen LogP contribution in [-0.2, 0) is 0 Å². The van der Waals surface area contributed by atoms with Crippen molar-refractivity contribution in [1.29, 1.82) is 0 Å². The van der Waals surface area contributed by atoms with Gasteiger partial charge in [0.1, 0.15) is 17.2 Å². The molecule has 0 heterocycles. The Hall–Kier alpha value is -2.82. The Morgan fingerprint density at radius 3 is 1.68 bits per heavy atom. The van der Waals surface area contributed by atoms with Gasteiger partial charge in [-0.25, -0.2) is 0 Å². The highest BCUT2D eigenvalue weighted by atomic mass is 16.5. The zero-order valence-electron chi connectivity index (χ0n) is 23.6. The molecule has 0 saturated heterocycles. The molecule has 0 spiro atoms. The fourth-order valence-electron chi connectivity index (χ4n) is 4.11. The van der Waals surface area contributed by atoms with Crippen LogP contribution >= 0.6 is 0 Å². The second-order valence-corrected chi connectivity index (χ2v) is 9.81. The molecular formula is C32H48N2O3. The number of nitrogens with zero attached hydrogens (tertiary/aromatic N) is 2. The molecule has 204 valence electrons. The smallest absolute Gasteiger partial charge is 0.128 e. The van der Waals surface area contributed by atoms with Gasteiger partial charge in [-0.3, -0.25) is 0 Å². The highest BCUT2D eigenvalue weighted by Crippen LogP contribution is 2.25.